The predicted octanol–water partition coefficient (Wildman–Crippen LogP) is 4.61. The lowest BCUT2D eigenvalue weighted by Gasteiger charge is -2.08. The molecule has 0 saturated heterocycles. The molecular weight excluding hydrogens is 410 g/mol. The monoisotopic (exact) mass is 429 g/mol. The van der Waals surface area contributed by atoms with E-state index in [1.807, 2.05) is 24.3 Å². The second-order valence-electron chi connectivity index (χ2n) is 6.98. The number of hydrogen-bond acceptors (Lipinski definition) is 6. The van der Waals surface area contributed by atoms with Gasteiger partial charge in [-0.05, 0) is 30.3 Å². The Labute approximate surface area is 182 Å². The van der Waals surface area contributed by atoms with Gasteiger partial charge in [0.1, 0.15) is 10.7 Å². The lowest BCUT2D eigenvalue weighted by molar-refractivity contribution is 0.102. The first-order valence-electron chi connectivity index (χ1n) is 9.78. The number of thiazole rings is 1. The van der Waals surface area contributed by atoms with Crippen molar-refractivity contribution < 1.29 is 9.53 Å². The minimum atomic E-state index is -0.259. The van der Waals surface area contributed by atoms with E-state index < -0.39 is 0 Å². The molecule has 31 heavy (non-hydrogen) atoms. The zero-order chi connectivity index (χ0) is 21.2. The molecule has 0 aliphatic carbocycles. The number of aromatic nitrogens is 4. The molecule has 0 unspecified atom stereocenters. The molecule has 8 heteroatoms. The van der Waals surface area contributed by atoms with Crippen LogP contribution >= 0.6 is 11.3 Å². The van der Waals surface area contributed by atoms with Crippen LogP contribution in [0.2, 0.25) is 0 Å². The second-order valence-corrected chi connectivity index (χ2v) is 7.84. The molecule has 0 aliphatic heterocycles. The molecule has 2 aromatic carbocycles. The largest absolute Gasteiger partial charge is 0.383 e. The number of ether oxygens (including phenoxy) is 1. The highest BCUT2D eigenvalue weighted by atomic mass is 32.1. The van der Waals surface area contributed by atoms with E-state index in [-0.39, 0.29) is 5.91 Å². The van der Waals surface area contributed by atoms with Crippen molar-refractivity contribution in [3.8, 4) is 10.7 Å². The van der Waals surface area contributed by atoms with E-state index in [9.17, 15) is 4.79 Å². The second kappa shape index (κ2) is 8.25. The number of para-hydroxylation sites is 1. The first kappa shape index (κ1) is 19.3. The van der Waals surface area contributed by atoms with Crippen molar-refractivity contribution in [3.63, 3.8) is 0 Å². The number of anilines is 1. The van der Waals surface area contributed by atoms with E-state index in [2.05, 4.69) is 43.0 Å². The highest BCUT2D eigenvalue weighted by molar-refractivity contribution is 7.13. The van der Waals surface area contributed by atoms with Gasteiger partial charge < -0.3 is 14.6 Å². The Hall–Kier alpha value is -3.62. The minimum Gasteiger partial charge on any atom is -0.383 e. The molecule has 1 N–H and O–H groups in total. The van der Waals surface area contributed by atoms with Crippen LogP contribution < -0.4 is 5.32 Å². The molecule has 3 heterocycles. The maximum absolute atomic E-state index is 12.8. The van der Waals surface area contributed by atoms with Gasteiger partial charge in [0.05, 0.1) is 23.3 Å². The van der Waals surface area contributed by atoms with Gasteiger partial charge in [0.2, 0.25) is 0 Å². The van der Waals surface area contributed by atoms with Crippen LogP contribution in [0.15, 0.2) is 66.3 Å². The van der Waals surface area contributed by atoms with Gasteiger partial charge >= 0.3 is 0 Å². The van der Waals surface area contributed by atoms with Crippen molar-refractivity contribution in [1.29, 1.82) is 0 Å². The first-order valence-corrected chi connectivity index (χ1v) is 10.7. The molecule has 0 fully saturated rings. The average molecular weight is 430 g/mol. The third kappa shape index (κ3) is 3.78. The Morgan fingerprint density at radius 2 is 1.94 bits per heavy atom. The fraction of sp³-hybridized carbons (Fsp3) is 0.130. The number of methoxy groups -OCH3 is 1. The third-order valence-electron chi connectivity index (χ3n) is 5.01. The number of amides is 1. The first-order chi connectivity index (χ1) is 15.2. The van der Waals surface area contributed by atoms with Crippen LogP contribution in [0.3, 0.4) is 0 Å². The molecule has 0 saturated carbocycles. The SMILES string of the molecule is COCCn1c(-c2nc(C(=O)Nc3ccc4nccnc4c3)cs2)cc2ccccc21. The smallest absolute Gasteiger partial charge is 0.275 e. The zero-order valence-electron chi connectivity index (χ0n) is 16.8. The highest BCUT2D eigenvalue weighted by Gasteiger charge is 2.17. The number of rotatable bonds is 6. The van der Waals surface area contributed by atoms with Crippen LogP contribution in [0.1, 0.15) is 10.5 Å². The summed E-state index contributed by atoms with van der Waals surface area (Å²) in [6.07, 6.45) is 3.27. The minimum absolute atomic E-state index is 0.259. The Morgan fingerprint density at radius 3 is 2.81 bits per heavy atom. The van der Waals surface area contributed by atoms with Crippen LogP contribution in [0.5, 0.6) is 0 Å². The standard InChI is InChI=1S/C23H19N5O2S/c1-30-11-10-28-20-5-3-2-4-15(20)12-21(28)23-27-19(14-31-23)22(29)26-16-6-7-17-18(13-16)25-9-8-24-17/h2-9,12-14H,10-11H2,1H3,(H,26,29). The molecule has 0 spiro atoms. The van der Waals surface area contributed by atoms with Gasteiger partial charge in [-0.2, -0.15) is 0 Å². The Kier molecular flexibility index (Phi) is 5.15. The third-order valence-corrected chi connectivity index (χ3v) is 5.88. The number of benzene rings is 2. The van der Waals surface area contributed by atoms with Crippen molar-refractivity contribution in [1.82, 2.24) is 19.5 Å². The fourth-order valence-electron chi connectivity index (χ4n) is 3.54. The summed E-state index contributed by atoms with van der Waals surface area (Å²) < 4.78 is 7.47. The summed E-state index contributed by atoms with van der Waals surface area (Å²) >= 11 is 1.45. The molecule has 7 nitrogen and oxygen atoms in total. The molecule has 0 atom stereocenters. The zero-order valence-corrected chi connectivity index (χ0v) is 17.6. The topological polar surface area (TPSA) is 81.9 Å². The molecule has 5 rings (SSSR count). The number of fused-ring (bicyclic) bond motifs is 2. The van der Waals surface area contributed by atoms with Crippen molar-refractivity contribution in [2.45, 2.75) is 6.54 Å². The van der Waals surface area contributed by atoms with Crippen molar-refractivity contribution in [3.05, 3.63) is 72.0 Å². The van der Waals surface area contributed by atoms with Crippen LogP contribution in [0, 0.1) is 0 Å². The Bertz CT molecular complexity index is 1390. The van der Waals surface area contributed by atoms with Gasteiger partial charge in [0.25, 0.3) is 5.91 Å². The quantitative estimate of drug-likeness (QED) is 0.426. The van der Waals surface area contributed by atoms with E-state index in [1.165, 1.54) is 11.3 Å². The van der Waals surface area contributed by atoms with Gasteiger partial charge in [0, 0.05) is 48.0 Å². The fourth-order valence-corrected chi connectivity index (χ4v) is 4.37. The van der Waals surface area contributed by atoms with Crippen molar-refractivity contribution >= 4 is 44.9 Å². The summed E-state index contributed by atoms with van der Waals surface area (Å²) in [6, 6.07) is 15.7. The average Bonchev–Trinajstić information content (AvgIpc) is 3.42. The van der Waals surface area contributed by atoms with Crippen molar-refractivity contribution in [2.75, 3.05) is 19.0 Å². The van der Waals surface area contributed by atoms with Crippen LogP contribution in [-0.2, 0) is 11.3 Å². The summed E-state index contributed by atoms with van der Waals surface area (Å²) in [7, 11) is 1.69. The molecule has 3 aromatic heterocycles. The van der Waals surface area contributed by atoms with Crippen LogP contribution in [0.25, 0.3) is 32.6 Å². The number of carbonyl (C=O) groups excluding carboxylic acids is 1. The summed E-state index contributed by atoms with van der Waals surface area (Å²) in [5.41, 5.74) is 4.63. The van der Waals surface area contributed by atoms with Gasteiger partial charge in [-0.1, -0.05) is 18.2 Å². The van der Waals surface area contributed by atoms with Crippen LogP contribution in [-0.4, -0.2) is 39.1 Å². The molecule has 0 bridgehead atoms. The summed E-state index contributed by atoms with van der Waals surface area (Å²) in [4.78, 5) is 25.9. The summed E-state index contributed by atoms with van der Waals surface area (Å²) in [5, 5.41) is 6.61. The van der Waals surface area contributed by atoms with E-state index >= 15 is 0 Å². The normalized spacial score (nSPS) is 11.3. The molecule has 154 valence electrons. The predicted molar refractivity (Wildman–Crippen MR) is 122 cm³/mol. The van der Waals surface area contributed by atoms with E-state index in [0.717, 1.165) is 32.6 Å². The van der Waals surface area contributed by atoms with E-state index in [0.29, 0.717) is 24.5 Å². The van der Waals surface area contributed by atoms with Gasteiger partial charge in [-0.15, -0.1) is 11.3 Å². The maximum Gasteiger partial charge on any atom is 0.275 e. The van der Waals surface area contributed by atoms with Gasteiger partial charge in [-0.3, -0.25) is 14.8 Å². The van der Waals surface area contributed by atoms with Crippen molar-refractivity contribution in [2.24, 2.45) is 0 Å². The Morgan fingerprint density at radius 1 is 1.10 bits per heavy atom. The summed E-state index contributed by atoms with van der Waals surface area (Å²) in [5.74, 6) is -0.259. The van der Waals surface area contributed by atoms with E-state index in [4.69, 9.17) is 4.74 Å². The molecule has 5 aromatic rings. The van der Waals surface area contributed by atoms with Gasteiger partial charge in [0.15, 0.2) is 0 Å². The highest BCUT2D eigenvalue weighted by Crippen LogP contribution is 2.30. The number of nitrogens with one attached hydrogen (secondary N) is 1. The number of carbonyl (C=O) groups is 1. The summed E-state index contributed by atoms with van der Waals surface area (Å²) in [6.45, 7) is 1.30. The molecule has 0 radical (unpaired) electrons. The lowest BCUT2D eigenvalue weighted by Crippen LogP contribution is -2.12. The molecule has 0 aliphatic rings. The van der Waals surface area contributed by atoms with Gasteiger partial charge in [-0.25, -0.2) is 4.98 Å². The lowest BCUT2D eigenvalue weighted by atomic mass is 10.2. The molecule has 1 amide bonds. The van der Waals surface area contributed by atoms with E-state index in [1.54, 1.807) is 30.9 Å². The van der Waals surface area contributed by atoms with Crippen LogP contribution in [0.4, 0.5) is 5.69 Å². The number of nitrogens with zero attached hydrogens (tertiary/aromatic N) is 4. The Balaban J connectivity index is 1.43. The number of hydrogen-bond donors (Lipinski definition) is 1. The molecular formula is C23H19N5O2S. The maximum atomic E-state index is 12.8.